The molecule has 0 atom stereocenters. The number of aliphatic carboxylic acids is 1. The predicted molar refractivity (Wildman–Crippen MR) is 38.7 cm³/mol. The van der Waals surface area contributed by atoms with Crippen LogP contribution in [-0.4, -0.2) is 11.1 Å². The van der Waals surface area contributed by atoms with Gasteiger partial charge in [0.1, 0.15) is 0 Å². The average Bonchev–Trinajstić information content (AvgIpc) is 1.38. The third-order valence-corrected chi connectivity index (χ3v) is 0.302. The number of carboxylic acids is 1. The zero-order valence-corrected chi connectivity index (χ0v) is 6.06. The number of hydrogen-bond acceptors (Lipinski definition) is 1. The summed E-state index contributed by atoms with van der Waals surface area (Å²) in [5, 5.41) is 7.72. The van der Waals surface area contributed by atoms with Gasteiger partial charge in [0.2, 0.25) is 0 Å². The van der Waals surface area contributed by atoms with Crippen molar-refractivity contribution in [2.45, 2.75) is 13.3 Å². The molecule has 0 aliphatic rings. The van der Waals surface area contributed by atoms with Gasteiger partial charge in [-0.25, -0.2) is 0 Å². The van der Waals surface area contributed by atoms with Gasteiger partial charge in [-0.1, -0.05) is 6.92 Å². The molecule has 2 nitrogen and oxygen atoms in total. The molecule has 4 heteroatoms. The summed E-state index contributed by atoms with van der Waals surface area (Å²) in [7, 11) is 0. The van der Waals surface area contributed by atoms with Crippen LogP contribution in [0.1, 0.15) is 13.3 Å². The number of rotatable bonds is 1. The molecule has 0 rings (SSSR count). The van der Waals surface area contributed by atoms with Gasteiger partial charge in [-0.3, -0.25) is 4.79 Å². The van der Waals surface area contributed by atoms with E-state index in [0.717, 1.165) is 0 Å². The molecule has 0 aromatic rings. The van der Waals surface area contributed by atoms with Gasteiger partial charge in [0.15, 0.2) is 0 Å². The van der Waals surface area contributed by atoms with Gasteiger partial charge < -0.3 is 5.11 Å². The van der Waals surface area contributed by atoms with E-state index >= 15 is 0 Å². The highest BCUT2D eigenvalue weighted by Gasteiger charge is 1.80. The fourth-order valence-electron chi connectivity index (χ4n) is 0. The molecule has 0 unspecified atom stereocenters. The van der Waals surface area contributed by atoms with E-state index in [9.17, 15) is 4.79 Å². The molecule has 0 amide bonds. The highest BCUT2D eigenvalue weighted by atomic mass is 32.1. The van der Waals surface area contributed by atoms with Gasteiger partial charge in [-0.05, 0) is 0 Å². The third kappa shape index (κ3) is 22.8. The normalized spacial score (nSPS) is 5.29. The van der Waals surface area contributed by atoms with Crippen molar-refractivity contribution in [3.8, 4) is 0 Å². The number of carboxylic acid groups (broad SMARTS) is 1. The first kappa shape index (κ1) is 15.7. The van der Waals surface area contributed by atoms with Gasteiger partial charge in [-0.2, -0.15) is 27.0 Å². The van der Waals surface area contributed by atoms with Crippen LogP contribution in [0.2, 0.25) is 0 Å². The van der Waals surface area contributed by atoms with Crippen LogP contribution in [-0.2, 0) is 4.79 Å². The molecular weight excluding hydrogens is 132 g/mol. The first-order valence-corrected chi connectivity index (χ1v) is 1.49. The maximum atomic E-state index is 9.37. The molecule has 1 N–H and O–H groups in total. The fraction of sp³-hybridized carbons (Fsp3) is 0.667. The van der Waals surface area contributed by atoms with Gasteiger partial charge >= 0.3 is 5.97 Å². The van der Waals surface area contributed by atoms with E-state index < -0.39 is 5.97 Å². The van der Waals surface area contributed by atoms with Gasteiger partial charge in [0.25, 0.3) is 0 Å². The molecule has 0 aromatic heterocycles. The Kier molecular flexibility index (Phi) is 21.3. The minimum absolute atomic E-state index is 0. The van der Waals surface area contributed by atoms with Crippen LogP contribution in [0, 0.1) is 0 Å². The minimum Gasteiger partial charge on any atom is -0.481 e. The summed E-state index contributed by atoms with van der Waals surface area (Å²) in [4.78, 5) is 9.37. The van der Waals surface area contributed by atoms with E-state index in [-0.39, 0.29) is 33.4 Å². The number of carbonyl (C=O) groups is 1. The number of hydrogen-bond donors (Lipinski definition) is 1. The molecule has 0 saturated carbocycles. The van der Waals surface area contributed by atoms with Crippen molar-refractivity contribution < 1.29 is 9.90 Å². The molecule has 0 heterocycles. The molecule has 0 aliphatic carbocycles. The van der Waals surface area contributed by atoms with Crippen molar-refractivity contribution in [2.24, 2.45) is 0 Å². The molecular formula is C3H10O2S2. The summed E-state index contributed by atoms with van der Waals surface area (Å²) in [5.41, 5.74) is 0. The second kappa shape index (κ2) is 9.48. The molecule has 0 saturated heterocycles. The molecule has 0 aromatic carbocycles. The first-order chi connectivity index (χ1) is 2.27. The maximum Gasteiger partial charge on any atom is 0.303 e. The summed E-state index contributed by atoms with van der Waals surface area (Å²) in [6.45, 7) is 1.60. The van der Waals surface area contributed by atoms with E-state index in [1.807, 2.05) is 0 Å². The Morgan fingerprint density at radius 3 is 1.71 bits per heavy atom. The van der Waals surface area contributed by atoms with E-state index in [2.05, 4.69) is 0 Å². The van der Waals surface area contributed by atoms with Crippen molar-refractivity contribution >= 4 is 33.0 Å². The Morgan fingerprint density at radius 1 is 1.57 bits per heavy atom. The first-order valence-electron chi connectivity index (χ1n) is 1.49. The van der Waals surface area contributed by atoms with E-state index in [1.165, 1.54) is 0 Å². The zero-order valence-electron chi connectivity index (χ0n) is 4.06. The summed E-state index contributed by atoms with van der Waals surface area (Å²) in [6, 6.07) is 0. The SMILES string of the molecule is CCC(=O)O.S.S. The molecule has 46 valence electrons. The Bertz CT molecular complexity index is 46.2. The summed E-state index contributed by atoms with van der Waals surface area (Å²) in [6.07, 6.45) is 0.222. The average molecular weight is 142 g/mol. The lowest BCUT2D eigenvalue weighted by molar-refractivity contribution is -0.136. The van der Waals surface area contributed by atoms with E-state index in [0.29, 0.717) is 0 Å². The molecule has 7 heavy (non-hydrogen) atoms. The standard InChI is InChI=1S/C3H6O2.2H2S/c1-2-3(4)5;;/h2H2,1H3,(H,4,5);2*1H2. The summed E-state index contributed by atoms with van der Waals surface area (Å²) in [5.74, 6) is -0.745. The minimum atomic E-state index is -0.745. The van der Waals surface area contributed by atoms with Gasteiger partial charge in [-0.15, -0.1) is 0 Å². The topological polar surface area (TPSA) is 37.3 Å². The van der Waals surface area contributed by atoms with Crippen LogP contribution in [0.15, 0.2) is 0 Å². The molecule has 0 bridgehead atoms. The van der Waals surface area contributed by atoms with Gasteiger partial charge in [0.05, 0.1) is 0 Å². The predicted octanol–water partition coefficient (Wildman–Crippen LogP) is 0.707. The lowest BCUT2D eigenvalue weighted by Crippen LogP contribution is -1.86. The molecule has 0 fully saturated rings. The molecule has 0 spiro atoms. The van der Waals surface area contributed by atoms with Crippen molar-refractivity contribution in [3.05, 3.63) is 0 Å². The van der Waals surface area contributed by atoms with Gasteiger partial charge in [0, 0.05) is 6.42 Å². The quantitative estimate of drug-likeness (QED) is 0.585. The fourth-order valence-corrected chi connectivity index (χ4v) is 0. The Hall–Kier alpha value is 0.170. The van der Waals surface area contributed by atoms with Crippen molar-refractivity contribution in [1.29, 1.82) is 0 Å². The van der Waals surface area contributed by atoms with E-state index in [4.69, 9.17) is 5.11 Å². The molecule has 0 radical (unpaired) electrons. The van der Waals surface area contributed by atoms with Crippen LogP contribution < -0.4 is 0 Å². The van der Waals surface area contributed by atoms with Crippen LogP contribution in [0.25, 0.3) is 0 Å². The maximum absolute atomic E-state index is 9.37. The van der Waals surface area contributed by atoms with Crippen LogP contribution in [0.3, 0.4) is 0 Å². The Balaban J connectivity index is -0.0000000800. The molecule has 0 aliphatic heterocycles. The lowest BCUT2D eigenvalue weighted by Gasteiger charge is -1.71. The van der Waals surface area contributed by atoms with Crippen molar-refractivity contribution in [1.82, 2.24) is 0 Å². The second-order valence-corrected chi connectivity index (χ2v) is 0.747. The van der Waals surface area contributed by atoms with Crippen LogP contribution >= 0.6 is 27.0 Å². The highest BCUT2D eigenvalue weighted by Crippen LogP contribution is 1.67. The van der Waals surface area contributed by atoms with Crippen molar-refractivity contribution in [3.63, 3.8) is 0 Å². The monoisotopic (exact) mass is 142 g/mol. The van der Waals surface area contributed by atoms with Crippen LogP contribution in [0.5, 0.6) is 0 Å². The van der Waals surface area contributed by atoms with E-state index in [1.54, 1.807) is 6.92 Å². The third-order valence-electron chi connectivity index (χ3n) is 0.302. The highest BCUT2D eigenvalue weighted by molar-refractivity contribution is 7.59. The Morgan fingerprint density at radius 2 is 1.71 bits per heavy atom. The van der Waals surface area contributed by atoms with Crippen LogP contribution in [0.4, 0.5) is 0 Å². The summed E-state index contributed by atoms with van der Waals surface area (Å²) >= 11 is 0. The zero-order chi connectivity index (χ0) is 4.28. The second-order valence-electron chi connectivity index (χ2n) is 0.747. The largest absolute Gasteiger partial charge is 0.481 e. The van der Waals surface area contributed by atoms with Crippen molar-refractivity contribution in [2.75, 3.05) is 0 Å². The Labute approximate surface area is 56.8 Å². The summed E-state index contributed by atoms with van der Waals surface area (Å²) < 4.78 is 0. The lowest BCUT2D eigenvalue weighted by atomic mass is 10.5. The smallest absolute Gasteiger partial charge is 0.303 e.